The number of para-hydroxylation sites is 1. The van der Waals surface area contributed by atoms with Crippen LogP contribution in [0.1, 0.15) is 38.9 Å². The van der Waals surface area contributed by atoms with Gasteiger partial charge >= 0.3 is 5.97 Å². The van der Waals surface area contributed by atoms with Crippen LogP contribution >= 0.6 is 15.9 Å². The third-order valence-corrected chi connectivity index (χ3v) is 6.97. The van der Waals surface area contributed by atoms with Gasteiger partial charge in [0.15, 0.2) is 11.5 Å². The lowest BCUT2D eigenvalue weighted by Crippen LogP contribution is -2.19. The van der Waals surface area contributed by atoms with E-state index >= 15 is 0 Å². The molecule has 0 aliphatic rings. The standard InChI is InChI=1S/C32H26BrN3O4/c1-3-21-10-7-11-25-28(22-8-5-4-6-9-22)30(35-29(21)25)31(37)36-34-19-20-12-17-26(27(18-20)39-2)40-32(38)23-13-15-24(33)16-14-23/h4-19,35H,3H2,1-2H3,(H,36,37). The Morgan fingerprint density at radius 1 is 0.950 bits per heavy atom. The second-order valence-corrected chi connectivity index (χ2v) is 9.86. The summed E-state index contributed by atoms with van der Waals surface area (Å²) in [7, 11) is 1.49. The quantitative estimate of drug-likeness (QED) is 0.0861. The highest BCUT2D eigenvalue weighted by molar-refractivity contribution is 9.10. The number of benzene rings is 4. The maximum Gasteiger partial charge on any atom is 0.343 e. The minimum absolute atomic E-state index is 0.272. The van der Waals surface area contributed by atoms with E-state index in [0.29, 0.717) is 22.6 Å². The van der Waals surface area contributed by atoms with Gasteiger partial charge in [-0.1, -0.05) is 71.4 Å². The van der Waals surface area contributed by atoms with Crippen LogP contribution < -0.4 is 14.9 Å². The number of amides is 1. The van der Waals surface area contributed by atoms with Gasteiger partial charge in [-0.25, -0.2) is 10.2 Å². The minimum Gasteiger partial charge on any atom is -0.493 e. The molecule has 4 aromatic carbocycles. The van der Waals surface area contributed by atoms with Crippen LogP contribution in [-0.2, 0) is 6.42 Å². The molecule has 5 aromatic rings. The van der Waals surface area contributed by atoms with Gasteiger partial charge in [-0.2, -0.15) is 5.10 Å². The number of nitrogens with one attached hydrogen (secondary N) is 2. The topological polar surface area (TPSA) is 92.8 Å². The summed E-state index contributed by atoms with van der Waals surface area (Å²) in [5.74, 6) is -0.234. The Morgan fingerprint density at radius 3 is 2.45 bits per heavy atom. The molecule has 7 nitrogen and oxygen atoms in total. The maximum absolute atomic E-state index is 13.3. The number of hydrogen-bond acceptors (Lipinski definition) is 5. The van der Waals surface area contributed by atoms with E-state index in [-0.39, 0.29) is 11.7 Å². The lowest BCUT2D eigenvalue weighted by Gasteiger charge is -2.10. The SMILES string of the molecule is CCc1cccc2c(-c3ccccc3)c(C(=O)NN=Cc3ccc(OC(=O)c4ccc(Br)cc4)c(OC)c3)[nH]c12. The second kappa shape index (κ2) is 12.0. The third kappa shape index (κ3) is 5.67. The number of methoxy groups -OCH3 is 1. The number of halogens is 1. The monoisotopic (exact) mass is 595 g/mol. The predicted octanol–water partition coefficient (Wildman–Crippen LogP) is 7.15. The van der Waals surface area contributed by atoms with Crippen molar-refractivity contribution in [3.05, 3.63) is 118 Å². The van der Waals surface area contributed by atoms with Crippen molar-refractivity contribution in [3.8, 4) is 22.6 Å². The number of aromatic nitrogens is 1. The summed E-state index contributed by atoms with van der Waals surface area (Å²) in [6, 6.07) is 27.8. The summed E-state index contributed by atoms with van der Waals surface area (Å²) < 4.78 is 11.8. The molecule has 1 aromatic heterocycles. The van der Waals surface area contributed by atoms with Gasteiger partial charge in [0.2, 0.25) is 0 Å². The summed E-state index contributed by atoms with van der Waals surface area (Å²) >= 11 is 3.35. The van der Waals surface area contributed by atoms with Gasteiger partial charge in [-0.05, 0) is 65.6 Å². The zero-order valence-corrected chi connectivity index (χ0v) is 23.5. The van der Waals surface area contributed by atoms with E-state index in [4.69, 9.17) is 9.47 Å². The zero-order valence-electron chi connectivity index (χ0n) is 21.9. The highest BCUT2D eigenvalue weighted by Gasteiger charge is 2.20. The van der Waals surface area contributed by atoms with Gasteiger partial charge in [-0.15, -0.1) is 0 Å². The molecule has 8 heteroatoms. The molecule has 0 saturated carbocycles. The number of ether oxygens (including phenoxy) is 2. The molecule has 1 heterocycles. The number of fused-ring (bicyclic) bond motifs is 1. The zero-order chi connectivity index (χ0) is 28.1. The Kier molecular flexibility index (Phi) is 8.07. The average Bonchev–Trinajstić information content (AvgIpc) is 3.38. The van der Waals surface area contributed by atoms with Crippen LogP contribution in [-0.4, -0.2) is 30.2 Å². The molecule has 0 bridgehead atoms. The van der Waals surface area contributed by atoms with E-state index in [1.54, 1.807) is 42.5 Å². The number of hydrogen-bond donors (Lipinski definition) is 2. The van der Waals surface area contributed by atoms with Crippen LogP contribution in [0.4, 0.5) is 0 Å². The Hall–Kier alpha value is -4.69. The molecule has 0 aliphatic carbocycles. The first-order chi connectivity index (χ1) is 19.5. The van der Waals surface area contributed by atoms with Crippen molar-refractivity contribution in [2.24, 2.45) is 5.10 Å². The van der Waals surface area contributed by atoms with Crippen LogP contribution in [0.3, 0.4) is 0 Å². The number of carbonyl (C=O) groups excluding carboxylic acids is 2. The van der Waals surface area contributed by atoms with E-state index < -0.39 is 5.97 Å². The summed E-state index contributed by atoms with van der Waals surface area (Å²) in [5, 5.41) is 5.16. The van der Waals surface area contributed by atoms with E-state index in [1.807, 2.05) is 42.5 Å². The van der Waals surface area contributed by atoms with Crippen molar-refractivity contribution < 1.29 is 19.1 Å². The van der Waals surface area contributed by atoms with E-state index in [1.165, 1.54) is 13.3 Å². The summed E-state index contributed by atoms with van der Waals surface area (Å²) in [6.07, 6.45) is 2.34. The highest BCUT2D eigenvalue weighted by atomic mass is 79.9. The van der Waals surface area contributed by atoms with Crippen LogP contribution in [0.15, 0.2) is 101 Å². The van der Waals surface area contributed by atoms with Gasteiger partial charge in [-0.3, -0.25) is 4.79 Å². The largest absolute Gasteiger partial charge is 0.493 e. The number of nitrogens with zero attached hydrogens (tertiary/aromatic N) is 1. The Labute approximate surface area is 240 Å². The second-order valence-electron chi connectivity index (χ2n) is 8.94. The number of esters is 1. The molecule has 2 N–H and O–H groups in total. The molecule has 0 atom stereocenters. The smallest absolute Gasteiger partial charge is 0.343 e. The predicted molar refractivity (Wildman–Crippen MR) is 160 cm³/mol. The van der Waals surface area contributed by atoms with Gasteiger partial charge in [0.05, 0.1) is 18.9 Å². The first-order valence-electron chi connectivity index (χ1n) is 12.7. The first kappa shape index (κ1) is 26.9. The summed E-state index contributed by atoms with van der Waals surface area (Å²) in [5.41, 5.74) is 7.97. The average molecular weight is 596 g/mol. The lowest BCUT2D eigenvalue weighted by atomic mass is 10.00. The van der Waals surface area contributed by atoms with Crippen LogP contribution in [0, 0.1) is 0 Å². The molecule has 200 valence electrons. The number of rotatable bonds is 8. The number of hydrazone groups is 1. The van der Waals surface area contributed by atoms with Gasteiger partial charge in [0.1, 0.15) is 5.69 Å². The van der Waals surface area contributed by atoms with Crippen molar-refractivity contribution in [1.82, 2.24) is 10.4 Å². The molecule has 0 fully saturated rings. The van der Waals surface area contributed by atoms with Crippen molar-refractivity contribution >= 4 is 44.9 Å². The van der Waals surface area contributed by atoms with E-state index in [0.717, 1.165) is 38.5 Å². The van der Waals surface area contributed by atoms with Crippen molar-refractivity contribution in [2.45, 2.75) is 13.3 Å². The molecular weight excluding hydrogens is 570 g/mol. The first-order valence-corrected chi connectivity index (χ1v) is 13.5. The van der Waals surface area contributed by atoms with Gasteiger partial charge < -0.3 is 14.5 Å². The van der Waals surface area contributed by atoms with Gasteiger partial charge in [0, 0.05) is 20.9 Å². The fraction of sp³-hybridized carbons (Fsp3) is 0.0938. The fourth-order valence-corrected chi connectivity index (χ4v) is 4.73. The van der Waals surface area contributed by atoms with Crippen molar-refractivity contribution in [2.75, 3.05) is 7.11 Å². The normalized spacial score (nSPS) is 11.1. The number of aromatic amines is 1. The molecule has 0 spiro atoms. The van der Waals surface area contributed by atoms with E-state index in [9.17, 15) is 9.59 Å². The number of carbonyl (C=O) groups is 2. The molecule has 0 saturated heterocycles. The van der Waals surface area contributed by atoms with Crippen LogP contribution in [0.25, 0.3) is 22.0 Å². The van der Waals surface area contributed by atoms with Crippen LogP contribution in [0.5, 0.6) is 11.5 Å². The van der Waals surface area contributed by atoms with E-state index in [2.05, 4.69) is 44.4 Å². The number of aryl methyl sites for hydroxylation is 1. The Morgan fingerprint density at radius 2 is 1.73 bits per heavy atom. The molecule has 0 aliphatic heterocycles. The molecule has 0 unspecified atom stereocenters. The Bertz CT molecular complexity index is 1710. The van der Waals surface area contributed by atoms with Gasteiger partial charge in [0.25, 0.3) is 5.91 Å². The molecular formula is C32H26BrN3O4. The molecule has 1 amide bonds. The Balaban J connectivity index is 1.36. The van der Waals surface area contributed by atoms with Crippen molar-refractivity contribution in [1.29, 1.82) is 0 Å². The molecule has 0 radical (unpaired) electrons. The van der Waals surface area contributed by atoms with Crippen molar-refractivity contribution in [3.63, 3.8) is 0 Å². The highest BCUT2D eigenvalue weighted by Crippen LogP contribution is 2.34. The maximum atomic E-state index is 13.3. The summed E-state index contributed by atoms with van der Waals surface area (Å²) in [6.45, 7) is 2.09. The lowest BCUT2D eigenvalue weighted by molar-refractivity contribution is 0.0729. The minimum atomic E-state index is -0.502. The number of H-pyrrole nitrogens is 1. The fourth-order valence-electron chi connectivity index (χ4n) is 4.46. The summed E-state index contributed by atoms with van der Waals surface area (Å²) in [4.78, 5) is 29.2. The third-order valence-electron chi connectivity index (χ3n) is 6.44. The molecule has 5 rings (SSSR count). The van der Waals surface area contributed by atoms with Crippen LogP contribution in [0.2, 0.25) is 0 Å². The molecule has 40 heavy (non-hydrogen) atoms.